The van der Waals surface area contributed by atoms with Crippen LogP contribution in [0.4, 0.5) is 8.78 Å². The van der Waals surface area contributed by atoms with Gasteiger partial charge in [-0.25, -0.2) is 17.2 Å². The summed E-state index contributed by atoms with van der Waals surface area (Å²) in [5.74, 6) is -1.55. The van der Waals surface area contributed by atoms with Crippen molar-refractivity contribution in [3.05, 3.63) is 29.3 Å². The van der Waals surface area contributed by atoms with E-state index in [1.54, 1.807) is 6.07 Å². The van der Waals surface area contributed by atoms with Crippen molar-refractivity contribution >= 4 is 9.84 Å². The molecule has 0 aliphatic carbocycles. The lowest BCUT2D eigenvalue weighted by atomic mass is 10.2. The van der Waals surface area contributed by atoms with Crippen LogP contribution >= 0.6 is 0 Å². The van der Waals surface area contributed by atoms with E-state index in [4.69, 9.17) is 10.00 Å². The number of hydrogen-bond donors (Lipinski definition) is 0. The van der Waals surface area contributed by atoms with Crippen LogP contribution in [0.3, 0.4) is 0 Å². The van der Waals surface area contributed by atoms with Crippen molar-refractivity contribution in [2.45, 2.75) is 6.42 Å². The largest absolute Gasteiger partial charge is 0.492 e. The number of sulfone groups is 1. The van der Waals surface area contributed by atoms with Crippen molar-refractivity contribution in [1.82, 2.24) is 4.90 Å². The third kappa shape index (κ3) is 4.39. The van der Waals surface area contributed by atoms with Gasteiger partial charge >= 0.3 is 0 Å². The maximum absolute atomic E-state index is 13.4. The molecule has 0 aromatic heterocycles. The van der Waals surface area contributed by atoms with Crippen LogP contribution in [0.25, 0.3) is 0 Å². The Bertz CT molecular complexity index is 672. The fourth-order valence-electron chi connectivity index (χ4n) is 2.22. The van der Waals surface area contributed by atoms with Gasteiger partial charge in [0, 0.05) is 31.8 Å². The molecule has 0 atom stereocenters. The van der Waals surface area contributed by atoms with E-state index in [1.807, 2.05) is 4.90 Å². The van der Waals surface area contributed by atoms with Crippen LogP contribution < -0.4 is 4.74 Å². The second kappa shape index (κ2) is 7.03. The number of halogens is 2. The molecule has 0 amide bonds. The Morgan fingerprint density at radius 1 is 1.27 bits per heavy atom. The van der Waals surface area contributed by atoms with E-state index in [0.717, 1.165) is 6.07 Å². The molecular weight excluding hydrogens is 314 g/mol. The lowest BCUT2D eigenvalue weighted by Gasteiger charge is -2.26. The zero-order chi connectivity index (χ0) is 16.2. The zero-order valence-electron chi connectivity index (χ0n) is 11.9. The molecule has 0 saturated carbocycles. The lowest BCUT2D eigenvalue weighted by Crippen LogP contribution is -2.40. The van der Waals surface area contributed by atoms with Crippen molar-refractivity contribution in [2.75, 3.05) is 37.7 Å². The maximum atomic E-state index is 13.4. The van der Waals surface area contributed by atoms with Crippen molar-refractivity contribution in [1.29, 1.82) is 5.26 Å². The Morgan fingerprint density at radius 2 is 1.95 bits per heavy atom. The summed E-state index contributed by atoms with van der Waals surface area (Å²) in [6, 6.07) is 3.27. The minimum Gasteiger partial charge on any atom is -0.492 e. The highest BCUT2D eigenvalue weighted by atomic mass is 32.2. The van der Waals surface area contributed by atoms with Gasteiger partial charge in [-0.2, -0.15) is 5.26 Å². The predicted octanol–water partition coefficient (Wildman–Crippen LogP) is 1.34. The Balaban J connectivity index is 1.81. The van der Waals surface area contributed by atoms with E-state index >= 15 is 0 Å². The van der Waals surface area contributed by atoms with Crippen molar-refractivity contribution in [3.63, 3.8) is 0 Å². The summed E-state index contributed by atoms with van der Waals surface area (Å²) in [7, 11) is -2.90. The standard InChI is InChI=1S/C14H16F2N2O3S/c15-11-8-13(16)12(10-17)14(9-11)21-5-1-2-18-3-6-22(19,20)7-4-18/h8-9H,1-7H2. The second-order valence-corrected chi connectivity index (χ2v) is 7.37. The average molecular weight is 330 g/mol. The first-order chi connectivity index (χ1) is 10.4. The molecule has 1 aliphatic heterocycles. The number of ether oxygens (including phenoxy) is 1. The minimum absolute atomic E-state index is 0.110. The summed E-state index contributed by atoms with van der Waals surface area (Å²) >= 11 is 0. The Hall–Kier alpha value is -1.72. The molecule has 120 valence electrons. The van der Waals surface area contributed by atoms with Gasteiger partial charge in [0.1, 0.15) is 29.0 Å². The Labute approximate surface area is 128 Å². The average Bonchev–Trinajstić information content (AvgIpc) is 2.44. The van der Waals surface area contributed by atoms with Crippen LogP contribution in [0.2, 0.25) is 0 Å². The number of hydrogen-bond acceptors (Lipinski definition) is 5. The molecule has 0 spiro atoms. The van der Waals surface area contributed by atoms with E-state index in [9.17, 15) is 17.2 Å². The normalized spacial score (nSPS) is 17.9. The molecule has 5 nitrogen and oxygen atoms in total. The second-order valence-electron chi connectivity index (χ2n) is 5.07. The molecule has 0 unspecified atom stereocenters. The number of nitriles is 1. The molecular formula is C14H16F2N2O3S. The molecule has 2 rings (SSSR count). The summed E-state index contributed by atoms with van der Waals surface area (Å²) in [5, 5.41) is 8.84. The van der Waals surface area contributed by atoms with Gasteiger partial charge < -0.3 is 9.64 Å². The molecule has 0 bridgehead atoms. The smallest absolute Gasteiger partial charge is 0.152 e. The van der Waals surface area contributed by atoms with Crippen molar-refractivity contribution in [3.8, 4) is 11.8 Å². The van der Waals surface area contributed by atoms with Crippen molar-refractivity contribution < 1.29 is 21.9 Å². The first-order valence-electron chi connectivity index (χ1n) is 6.86. The van der Waals surface area contributed by atoms with Crippen LogP contribution in [0.1, 0.15) is 12.0 Å². The van der Waals surface area contributed by atoms with E-state index < -0.39 is 21.5 Å². The van der Waals surface area contributed by atoms with Crippen molar-refractivity contribution in [2.24, 2.45) is 0 Å². The molecule has 0 radical (unpaired) electrons. The molecule has 1 heterocycles. The SMILES string of the molecule is N#Cc1c(F)cc(F)cc1OCCCN1CCS(=O)(=O)CC1. The predicted molar refractivity (Wildman–Crippen MR) is 76.3 cm³/mol. The third-order valence-electron chi connectivity index (χ3n) is 3.44. The van der Waals surface area contributed by atoms with Gasteiger partial charge in [0.25, 0.3) is 0 Å². The van der Waals surface area contributed by atoms with Gasteiger partial charge in [-0.15, -0.1) is 0 Å². The molecule has 0 N–H and O–H groups in total. The molecule has 8 heteroatoms. The quantitative estimate of drug-likeness (QED) is 0.762. The number of benzene rings is 1. The molecule has 1 aromatic rings. The summed E-state index contributed by atoms with van der Waals surface area (Å²) in [6.45, 7) is 1.80. The summed E-state index contributed by atoms with van der Waals surface area (Å²) in [6.07, 6.45) is 0.572. The number of rotatable bonds is 5. The fourth-order valence-corrected chi connectivity index (χ4v) is 3.49. The van der Waals surface area contributed by atoms with Gasteiger partial charge in [0.05, 0.1) is 18.1 Å². The molecule has 22 heavy (non-hydrogen) atoms. The number of nitrogens with zero attached hydrogens (tertiary/aromatic N) is 2. The Kier molecular flexibility index (Phi) is 5.32. The van der Waals surface area contributed by atoms with Gasteiger partial charge in [0.2, 0.25) is 0 Å². The zero-order valence-corrected chi connectivity index (χ0v) is 12.7. The van der Waals surface area contributed by atoms with E-state index in [2.05, 4.69) is 0 Å². The van der Waals surface area contributed by atoms with Gasteiger partial charge in [0.15, 0.2) is 9.84 Å². The van der Waals surface area contributed by atoms with Gasteiger partial charge in [-0.3, -0.25) is 0 Å². The van der Waals surface area contributed by atoms with E-state index in [1.165, 1.54) is 0 Å². The van der Waals surface area contributed by atoms with Crippen LogP contribution in [0.15, 0.2) is 12.1 Å². The van der Waals surface area contributed by atoms with Crippen LogP contribution in [-0.2, 0) is 9.84 Å². The highest BCUT2D eigenvalue weighted by molar-refractivity contribution is 7.91. The van der Waals surface area contributed by atoms with Gasteiger partial charge in [-0.05, 0) is 6.42 Å². The van der Waals surface area contributed by atoms with Crippen LogP contribution in [-0.4, -0.2) is 51.1 Å². The first-order valence-corrected chi connectivity index (χ1v) is 8.68. The molecule has 1 aromatic carbocycles. The molecule has 1 fully saturated rings. The summed E-state index contributed by atoms with van der Waals surface area (Å²) < 4.78 is 54.4. The fraction of sp³-hybridized carbons (Fsp3) is 0.500. The summed E-state index contributed by atoms with van der Waals surface area (Å²) in [5.41, 5.74) is -0.314. The highest BCUT2D eigenvalue weighted by Gasteiger charge is 2.21. The summed E-state index contributed by atoms with van der Waals surface area (Å²) in [4.78, 5) is 2.00. The van der Waals surface area contributed by atoms with E-state index in [0.29, 0.717) is 32.1 Å². The van der Waals surface area contributed by atoms with Gasteiger partial charge in [-0.1, -0.05) is 0 Å². The van der Waals surface area contributed by atoms with E-state index in [-0.39, 0.29) is 29.4 Å². The monoisotopic (exact) mass is 330 g/mol. The van der Waals surface area contributed by atoms with Crippen LogP contribution in [0, 0.1) is 23.0 Å². The molecule has 1 aliphatic rings. The maximum Gasteiger partial charge on any atom is 0.152 e. The Morgan fingerprint density at radius 3 is 2.59 bits per heavy atom. The third-order valence-corrected chi connectivity index (χ3v) is 5.05. The molecule has 1 saturated heterocycles. The minimum atomic E-state index is -2.90. The first kappa shape index (κ1) is 16.6. The lowest BCUT2D eigenvalue weighted by molar-refractivity contribution is 0.244. The topological polar surface area (TPSA) is 70.4 Å². The highest BCUT2D eigenvalue weighted by Crippen LogP contribution is 2.22. The van der Waals surface area contributed by atoms with Crippen LogP contribution in [0.5, 0.6) is 5.75 Å².